The number of aromatic hydroxyl groups is 1. The van der Waals surface area contributed by atoms with Crippen LogP contribution in [0.2, 0.25) is 0 Å². The van der Waals surface area contributed by atoms with E-state index in [1.165, 1.54) is 30.4 Å². The average Bonchev–Trinajstić information content (AvgIpc) is 3.02. The van der Waals surface area contributed by atoms with Crippen molar-refractivity contribution in [2.45, 2.75) is 83.8 Å². The van der Waals surface area contributed by atoms with E-state index in [0.717, 1.165) is 38.9 Å². The lowest BCUT2D eigenvalue weighted by Crippen LogP contribution is -2.49. The topological polar surface area (TPSA) is 116 Å². The molecule has 3 aliphatic carbocycles. The summed E-state index contributed by atoms with van der Waals surface area (Å²) in [6.07, 6.45) is 8.38. The Balaban J connectivity index is 0.000000285. The largest absolute Gasteiger partial charge is 0.508 e. The lowest BCUT2D eigenvalue weighted by molar-refractivity contribution is 0.0382. The minimum Gasteiger partial charge on any atom is -0.508 e. The Bertz CT molecular complexity index is 864. The zero-order valence-electron chi connectivity index (χ0n) is 21.5. The molecule has 196 valence electrons. The fourth-order valence-electron chi connectivity index (χ4n) is 6.50. The van der Waals surface area contributed by atoms with Crippen molar-refractivity contribution in [3.05, 3.63) is 29.3 Å². The Morgan fingerprint density at radius 1 is 1.18 bits per heavy atom. The van der Waals surface area contributed by atoms with Gasteiger partial charge in [0.1, 0.15) is 5.75 Å². The third-order valence-corrected chi connectivity index (χ3v) is 7.75. The van der Waals surface area contributed by atoms with Crippen LogP contribution >= 0.6 is 0 Å². The fourth-order valence-corrected chi connectivity index (χ4v) is 6.50. The van der Waals surface area contributed by atoms with Gasteiger partial charge >= 0.3 is 0 Å². The quantitative estimate of drug-likeness (QED) is 0.355. The van der Waals surface area contributed by atoms with Crippen molar-refractivity contribution >= 4 is 10.1 Å². The van der Waals surface area contributed by atoms with Crippen LogP contribution in [-0.2, 0) is 21.3 Å². The molecule has 0 aromatic heterocycles. The Morgan fingerprint density at radius 3 is 2.35 bits per heavy atom. The molecule has 8 heteroatoms. The summed E-state index contributed by atoms with van der Waals surface area (Å²) in [5.74, 6) is 2.30. The van der Waals surface area contributed by atoms with Gasteiger partial charge in [-0.05, 0) is 98.4 Å². The summed E-state index contributed by atoms with van der Waals surface area (Å²) < 4.78 is 31.0. The van der Waals surface area contributed by atoms with Crippen molar-refractivity contribution in [2.24, 2.45) is 17.3 Å². The van der Waals surface area contributed by atoms with Gasteiger partial charge in [0.25, 0.3) is 10.1 Å². The molecule has 0 saturated heterocycles. The van der Waals surface area contributed by atoms with Crippen LogP contribution in [0.5, 0.6) is 5.75 Å². The molecule has 0 amide bonds. The lowest BCUT2D eigenvalue weighted by atomic mass is 9.55. The Hall–Kier alpha value is -1.19. The SMILES string of the molecule is CCCOCCC.CN[C@H]1[C@H](O)C[C@H]2[C@@H]3CCc4cc(O)ccc4[C@H]3CC[C@@]21C.CS(=O)(=O)O. The molecule has 0 aliphatic heterocycles. The first-order valence-corrected chi connectivity index (χ1v) is 14.5. The van der Waals surface area contributed by atoms with Crippen LogP contribution in [0.3, 0.4) is 0 Å². The summed E-state index contributed by atoms with van der Waals surface area (Å²) in [4.78, 5) is 0. The summed E-state index contributed by atoms with van der Waals surface area (Å²) in [7, 11) is -1.67. The average molecular weight is 500 g/mol. The molecule has 0 radical (unpaired) electrons. The normalized spacial score (nSPS) is 31.7. The maximum absolute atomic E-state index is 10.5. The van der Waals surface area contributed by atoms with Gasteiger partial charge in [-0.25, -0.2) is 0 Å². The van der Waals surface area contributed by atoms with Crippen molar-refractivity contribution in [1.29, 1.82) is 0 Å². The van der Waals surface area contributed by atoms with Gasteiger partial charge in [0.05, 0.1) is 12.4 Å². The standard InChI is InChI=1S/C19H27NO2.C6H14O.CH4O3S/c1-19-8-7-14-13-6-4-12(21)9-11(13)3-5-15(14)16(19)10-17(22)18(19)20-2;1-3-5-7-6-4-2;1-5(2,3)4/h4,6,9,14-18,20-22H,3,5,7-8,10H2,1-2H3;3-6H2,1-2H3;1H3,(H,2,3,4)/t14-,15-,16+,17-,18+,19+;;/m1../s1. The van der Waals surface area contributed by atoms with Gasteiger partial charge < -0.3 is 20.3 Å². The number of hydrogen-bond acceptors (Lipinski definition) is 6. The highest BCUT2D eigenvalue weighted by Crippen LogP contribution is 2.60. The molecule has 0 bridgehead atoms. The molecule has 4 N–H and O–H groups in total. The second-order valence-corrected chi connectivity index (χ2v) is 11.7. The maximum Gasteiger partial charge on any atom is 0.261 e. The summed E-state index contributed by atoms with van der Waals surface area (Å²) in [5, 5.41) is 23.6. The van der Waals surface area contributed by atoms with E-state index < -0.39 is 10.1 Å². The minimum absolute atomic E-state index is 0.208. The number of ether oxygens (including phenoxy) is 1. The highest BCUT2D eigenvalue weighted by atomic mass is 32.2. The molecular weight excluding hydrogens is 454 g/mol. The molecule has 2 saturated carbocycles. The number of phenolic OH excluding ortho intramolecular Hbond substituents is 1. The molecule has 7 nitrogen and oxygen atoms in total. The van der Waals surface area contributed by atoms with E-state index in [1.807, 2.05) is 19.2 Å². The maximum atomic E-state index is 10.5. The smallest absolute Gasteiger partial charge is 0.261 e. The van der Waals surface area contributed by atoms with Crippen LogP contribution in [0, 0.1) is 17.3 Å². The van der Waals surface area contributed by atoms with Gasteiger partial charge in [0.15, 0.2) is 0 Å². The molecule has 1 aromatic carbocycles. The highest BCUT2D eigenvalue weighted by molar-refractivity contribution is 7.85. The number of aliphatic hydroxyl groups is 1. The van der Waals surface area contributed by atoms with Crippen LogP contribution < -0.4 is 5.32 Å². The molecule has 2 fully saturated rings. The van der Waals surface area contributed by atoms with Crippen molar-refractivity contribution in [3.63, 3.8) is 0 Å². The highest BCUT2D eigenvalue weighted by Gasteiger charge is 2.57. The van der Waals surface area contributed by atoms with Gasteiger partial charge in [0, 0.05) is 19.3 Å². The van der Waals surface area contributed by atoms with Gasteiger partial charge in [-0.1, -0.05) is 26.8 Å². The summed E-state index contributed by atoms with van der Waals surface area (Å²) in [6.45, 7) is 8.48. The first-order chi connectivity index (χ1) is 16.0. The Labute approximate surface area is 206 Å². The van der Waals surface area contributed by atoms with Crippen LogP contribution in [0.25, 0.3) is 0 Å². The van der Waals surface area contributed by atoms with E-state index in [2.05, 4.69) is 32.2 Å². The number of likely N-dealkylation sites (N-methyl/N-ethyl adjacent to an activating group) is 1. The first-order valence-electron chi connectivity index (χ1n) is 12.6. The zero-order valence-corrected chi connectivity index (χ0v) is 22.3. The van der Waals surface area contributed by atoms with Crippen LogP contribution in [0.4, 0.5) is 0 Å². The third-order valence-electron chi connectivity index (χ3n) is 7.75. The molecule has 0 unspecified atom stereocenters. The first kappa shape index (κ1) is 29.0. The summed E-state index contributed by atoms with van der Waals surface area (Å²) in [6, 6.07) is 6.18. The fraction of sp³-hybridized carbons (Fsp3) is 0.769. The summed E-state index contributed by atoms with van der Waals surface area (Å²) >= 11 is 0. The molecule has 4 rings (SSSR count). The zero-order chi connectivity index (χ0) is 25.5. The lowest BCUT2D eigenvalue weighted by Gasteiger charge is -2.50. The third kappa shape index (κ3) is 7.40. The number of hydrogen-bond donors (Lipinski definition) is 4. The van der Waals surface area contributed by atoms with Crippen molar-refractivity contribution in [1.82, 2.24) is 5.32 Å². The van der Waals surface area contributed by atoms with E-state index in [1.54, 1.807) is 0 Å². The van der Waals surface area contributed by atoms with E-state index in [4.69, 9.17) is 9.29 Å². The molecule has 34 heavy (non-hydrogen) atoms. The van der Waals surface area contributed by atoms with Crippen molar-refractivity contribution in [3.8, 4) is 5.75 Å². The number of nitrogens with one attached hydrogen (secondary N) is 1. The van der Waals surface area contributed by atoms with Crippen LogP contribution in [0.15, 0.2) is 18.2 Å². The number of fused-ring (bicyclic) bond motifs is 5. The van der Waals surface area contributed by atoms with E-state index in [-0.39, 0.29) is 17.6 Å². The summed E-state index contributed by atoms with van der Waals surface area (Å²) in [5.41, 5.74) is 3.02. The van der Waals surface area contributed by atoms with Gasteiger partial charge in [-0.2, -0.15) is 8.42 Å². The molecule has 1 aromatic rings. The molecule has 0 heterocycles. The minimum atomic E-state index is -3.67. The number of phenols is 1. The van der Waals surface area contributed by atoms with E-state index in [0.29, 0.717) is 29.8 Å². The number of benzene rings is 1. The predicted octanol–water partition coefficient (Wildman–Crippen LogP) is 4.13. The predicted molar refractivity (Wildman–Crippen MR) is 136 cm³/mol. The number of rotatable bonds is 5. The molecule has 0 spiro atoms. The number of aliphatic hydroxyl groups excluding tert-OH is 1. The second kappa shape index (κ2) is 12.7. The van der Waals surface area contributed by atoms with Crippen molar-refractivity contribution < 1.29 is 27.9 Å². The van der Waals surface area contributed by atoms with Gasteiger partial charge in [-0.15, -0.1) is 0 Å². The van der Waals surface area contributed by atoms with Crippen molar-refractivity contribution in [2.75, 3.05) is 26.5 Å². The molecule has 6 atom stereocenters. The number of aryl methyl sites for hydroxylation is 1. The van der Waals surface area contributed by atoms with E-state index in [9.17, 15) is 18.6 Å². The molecule has 3 aliphatic rings. The second-order valence-electron chi connectivity index (χ2n) is 10.3. The monoisotopic (exact) mass is 499 g/mol. The van der Waals surface area contributed by atoms with Gasteiger partial charge in [-0.3, -0.25) is 4.55 Å². The van der Waals surface area contributed by atoms with E-state index >= 15 is 0 Å². The Morgan fingerprint density at radius 2 is 1.79 bits per heavy atom. The van der Waals surface area contributed by atoms with Gasteiger partial charge in [0.2, 0.25) is 0 Å². The molecular formula is C26H45NO6S. The Kier molecular flexibility index (Phi) is 10.8. The van der Waals surface area contributed by atoms with Crippen LogP contribution in [0.1, 0.15) is 76.3 Å². The van der Waals surface area contributed by atoms with Crippen LogP contribution in [-0.4, -0.2) is 61.8 Å².